The number of rotatable bonds is 3. The first kappa shape index (κ1) is 16.1. The third-order valence-electron chi connectivity index (χ3n) is 4.20. The van der Waals surface area contributed by atoms with Gasteiger partial charge in [0, 0.05) is 47.3 Å². The molecule has 7 heteroatoms. The number of morpholine rings is 1. The van der Waals surface area contributed by atoms with Gasteiger partial charge in [-0.1, -0.05) is 23.7 Å². The summed E-state index contributed by atoms with van der Waals surface area (Å²) in [4.78, 5) is 11.9. The van der Waals surface area contributed by atoms with E-state index in [2.05, 4.69) is 20.3 Å². The van der Waals surface area contributed by atoms with E-state index in [0.29, 0.717) is 11.6 Å². The molecule has 1 aliphatic rings. The third-order valence-corrected chi connectivity index (χ3v) is 4.43. The van der Waals surface area contributed by atoms with Gasteiger partial charge in [-0.25, -0.2) is 9.97 Å². The van der Waals surface area contributed by atoms with E-state index in [1.165, 1.54) is 0 Å². The number of anilines is 1. The van der Waals surface area contributed by atoms with Crippen molar-refractivity contribution in [1.29, 1.82) is 0 Å². The van der Waals surface area contributed by atoms with Gasteiger partial charge < -0.3 is 20.8 Å². The number of aromatic amines is 1. The minimum absolute atomic E-state index is 0.0105. The summed E-state index contributed by atoms with van der Waals surface area (Å²) in [5.74, 6) is 0.235. The van der Waals surface area contributed by atoms with Crippen molar-refractivity contribution >= 4 is 17.5 Å². The van der Waals surface area contributed by atoms with Crippen molar-refractivity contribution in [2.75, 3.05) is 25.4 Å². The van der Waals surface area contributed by atoms with Crippen molar-refractivity contribution in [2.45, 2.75) is 6.10 Å². The van der Waals surface area contributed by atoms with Crippen LogP contribution < -0.4 is 11.1 Å². The quantitative estimate of drug-likeness (QED) is 0.672. The maximum atomic E-state index is 6.13. The van der Waals surface area contributed by atoms with E-state index >= 15 is 0 Å². The zero-order valence-electron chi connectivity index (χ0n) is 13.5. The molecule has 1 atom stereocenters. The number of nitrogen functional groups attached to an aromatic ring is 1. The number of hydrogen-bond donors (Lipinski definition) is 3. The van der Waals surface area contributed by atoms with Crippen molar-refractivity contribution in [3.63, 3.8) is 0 Å². The summed E-state index contributed by atoms with van der Waals surface area (Å²) in [6.07, 6.45) is 3.66. The van der Waals surface area contributed by atoms with Crippen LogP contribution >= 0.6 is 11.6 Å². The number of halogens is 1. The molecule has 3 aromatic rings. The number of nitrogens with one attached hydrogen (secondary N) is 2. The average molecular weight is 356 g/mol. The van der Waals surface area contributed by atoms with Crippen LogP contribution in [0.1, 0.15) is 11.8 Å². The first-order valence-corrected chi connectivity index (χ1v) is 8.48. The molecule has 2 aromatic heterocycles. The fourth-order valence-corrected chi connectivity index (χ4v) is 3.17. The minimum atomic E-state index is 0.0105. The van der Waals surface area contributed by atoms with Crippen molar-refractivity contribution in [1.82, 2.24) is 20.3 Å². The number of benzene rings is 1. The van der Waals surface area contributed by atoms with E-state index in [4.69, 9.17) is 22.1 Å². The highest BCUT2D eigenvalue weighted by Gasteiger charge is 2.19. The Morgan fingerprint density at radius 3 is 2.96 bits per heavy atom. The molecule has 1 aromatic carbocycles. The van der Waals surface area contributed by atoms with Gasteiger partial charge in [0.1, 0.15) is 6.10 Å². The predicted octanol–water partition coefficient (Wildman–Crippen LogP) is 3.04. The lowest BCUT2D eigenvalue weighted by atomic mass is 10.0. The van der Waals surface area contributed by atoms with Crippen molar-refractivity contribution in [3.05, 3.63) is 53.4 Å². The summed E-state index contributed by atoms with van der Waals surface area (Å²) in [6.45, 7) is 2.37. The number of nitrogens with two attached hydrogens (primary N) is 1. The van der Waals surface area contributed by atoms with Crippen molar-refractivity contribution in [2.24, 2.45) is 0 Å². The maximum absolute atomic E-state index is 6.13. The van der Waals surface area contributed by atoms with Gasteiger partial charge in [-0.15, -0.1) is 0 Å². The first-order valence-electron chi connectivity index (χ1n) is 8.10. The van der Waals surface area contributed by atoms with Gasteiger partial charge >= 0.3 is 0 Å². The predicted molar refractivity (Wildman–Crippen MR) is 98.2 cm³/mol. The highest BCUT2D eigenvalue weighted by atomic mass is 35.5. The second kappa shape index (κ2) is 6.84. The molecule has 0 saturated carbocycles. The van der Waals surface area contributed by atoms with Crippen LogP contribution in [0.4, 0.5) is 5.95 Å². The molecule has 4 rings (SSSR count). The molecular weight excluding hydrogens is 338 g/mol. The lowest BCUT2D eigenvalue weighted by molar-refractivity contribution is 0.0253. The highest BCUT2D eigenvalue weighted by Crippen LogP contribution is 2.33. The molecule has 3 heterocycles. The molecule has 0 spiro atoms. The Balaban J connectivity index is 1.75. The monoisotopic (exact) mass is 355 g/mol. The number of hydrogen-bond acceptors (Lipinski definition) is 5. The van der Waals surface area contributed by atoms with Crippen LogP contribution in [-0.4, -0.2) is 34.6 Å². The van der Waals surface area contributed by atoms with Crippen LogP contribution in [-0.2, 0) is 4.74 Å². The number of nitrogens with zero attached hydrogens (tertiary/aromatic N) is 2. The standard InChI is InChI=1S/C18H18ClN5O/c19-13-3-1-2-11(6-13)14-9-23-18(20)24-17(14)12-7-15(22-8-12)16-10-21-4-5-25-16/h1-3,6-9,16,21-22H,4-5,10H2,(H2,20,23,24). The van der Waals surface area contributed by atoms with Crippen molar-refractivity contribution in [3.8, 4) is 22.4 Å². The summed E-state index contributed by atoms with van der Waals surface area (Å²) < 4.78 is 5.80. The van der Waals surface area contributed by atoms with E-state index in [0.717, 1.165) is 41.2 Å². The van der Waals surface area contributed by atoms with Crippen LogP contribution in [0.15, 0.2) is 42.7 Å². The van der Waals surface area contributed by atoms with E-state index in [1.807, 2.05) is 36.5 Å². The van der Waals surface area contributed by atoms with E-state index in [-0.39, 0.29) is 12.1 Å². The van der Waals surface area contributed by atoms with E-state index in [1.54, 1.807) is 6.20 Å². The normalized spacial score (nSPS) is 17.6. The van der Waals surface area contributed by atoms with Gasteiger partial charge in [0.15, 0.2) is 0 Å². The molecule has 1 fully saturated rings. The SMILES string of the molecule is Nc1ncc(-c2cccc(Cl)c2)c(-c2c[nH]c(C3CNCCO3)c2)n1. The summed E-state index contributed by atoms with van der Waals surface area (Å²) in [5, 5.41) is 3.99. The molecule has 25 heavy (non-hydrogen) atoms. The Bertz CT molecular complexity index is 889. The molecule has 0 aliphatic carbocycles. The molecule has 1 saturated heterocycles. The zero-order valence-corrected chi connectivity index (χ0v) is 14.3. The Morgan fingerprint density at radius 1 is 1.24 bits per heavy atom. The van der Waals surface area contributed by atoms with E-state index < -0.39 is 0 Å². The van der Waals surface area contributed by atoms with Gasteiger partial charge in [0.05, 0.1) is 12.3 Å². The van der Waals surface area contributed by atoms with Gasteiger partial charge in [-0.05, 0) is 23.8 Å². The van der Waals surface area contributed by atoms with Crippen LogP contribution in [0, 0.1) is 0 Å². The first-order chi connectivity index (χ1) is 12.2. The molecule has 0 bridgehead atoms. The van der Waals surface area contributed by atoms with Crippen LogP contribution in [0.5, 0.6) is 0 Å². The van der Waals surface area contributed by atoms with Crippen LogP contribution in [0.2, 0.25) is 5.02 Å². The fourth-order valence-electron chi connectivity index (χ4n) is 2.98. The van der Waals surface area contributed by atoms with Gasteiger partial charge in [-0.2, -0.15) is 0 Å². The number of H-pyrrole nitrogens is 1. The third kappa shape index (κ3) is 3.37. The smallest absolute Gasteiger partial charge is 0.220 e. The Kier molecular flexibility index (Phi) is 4.40. The maximum Gasteiger partial charge on any atom is 0.220 e. The lowest BCUT2D eigenvalue weighted by Crippen LogP contribution is -2.33. The van der Waals surface area contributed by atoms with Crippen LogP contribution in [0.3, 0.4) is 0 Å². The summed E-state index contributed by atoms with van der Waals surface area (Å²) >= 11 is 6.13. The molecule has 6 nitrogen and oxygen atoms in total. The molecule has 128 valence electrons. The molecule has 1 aliphatic heterocycles. The minimum Gasteiger partial charge on any atom is -0.369 e. The van der Waals surface area contributed by atoms with Gasteiger partial charge in [0.25, 0.3) is 0 Å². The van der Waals surface area contributed by atoms with Gasteiger partial charge in [-0.3, -0.25) is 0 Å². The van der Waals surface area contributed by atoms with E-state index in [9.17, 15) is 0 Å². The van der Waals surface area contributed by atoms with Crippen LogP contribution in [0.25, 0.3) is 22.4 Å². The molecular formula is C18H18ClN5O. The summed E-state index contributed by atoms with van der Waals surface area (Å²) in [7, 11) is 0. The number of aromatic nitrogens is 3. The highest BCUT2D eigenvalue weighted by molar-refractivity contribution is 6.30. The second-order valence-electron chi connectivity index (χ2n) is 5.91. The molecule has 0 radical (unpaired) electrons. The lowest BCUT2D eigenvalue weighted by Gasteiger charge is -2.22. The van der Waals surface area contributed by atoms with Crippen molar-refractivity contribution < 1.29 is 4.74 Å². The summed E-state index contributed by atoms with van der Waals surface area (Å²) in [6, 6.07) is 9.66. The second-order valence-corrected chi connectivity index (χ2v) is 6.34. The Labute approximate surface area is 150 Å². The summed E-state index contributed by atoms with van der Waals surface area (Å²) in [5.41, 5.74) is 10.4. The molecule has 0 amide bonds. The van der Waals surface area contributed by atoms with Gasteiger partial charge in [0.2, 0.25) is 5.95 Å². The Hall–Kier alpha value is -2.41. The largest absolute Gasteiger partial charge is 0.369 e. The number of ether oxygens (including phenoxy) is 1. The molecule has 1 unspecified atom stereocenters. The Morgan fingerprint density at radius 2 is 2.16 bits per heavy atom. The fraction of sp³-hybridized carbons (Fsp3) is 0.222. The molecule has 4 N–H and O–H groups in total. The average Bonchev–Trinajstić information content (AvgIpc) is 3.12. The topological polar surface area (TPSA) is 88.8 Å². The zero-order chi connectivity index (χ0) is 17.2.